The summed E-state index contributed by atoms with van der Waals surface area (Å²) in [4.78, 5) is 10.7. The second-order valence-corrected chi connectivity index (χ2v) is 15.3. The molecule has 0 aliphatic carbocycles. The van der Waals surface area contributed by atoms with E-state index in [1.165, 1.54) is 38.2 Å². The summed E-state index contributed by atoms with van der Waals surface area (Å²) in [6.45, 7) is 0. The third kappa shape index (κ3) is 5.51. The Labute approximate surface area is 340 Å². The van der Waals surface area contributed by atoms with Crippen LogP contribution in [-0.2, 0) is 0 Å². The van der Waals surface area contributed by atoms with Crippen molar-refractivity contribution < 1.29 is 4.42 Å². The van der Waals surface area contributed by atoms with E-state index in [0.29, 0.717) is 5.82 Å². The van der Waals surface area contributed by atoms with Crippen molar-refractivity contribution in [3.8, 4) is 56.0 Å². The van der Waals surface area contributed by atoms with E-state index in [0.717, 1.165) is 77.1 Å². The van der Waals surface area contributed by atoms with Gasteiger partial charge in [-0.05, 0) is 96.5 Å². The molecule has 12 rings (SSSR count). The molecule has 3 nitrogen and oxygen atoms in total. The van der Waals surface area contributed by atoms with Crippen molar-refractivity contribution in [2.75, 3.05) is 0 Å². The third-order valence-corrected chi connectivity index (χ3v) is 11.9. The van der Waals surface area contributed by atoms with Crippen LogP contribution in [0.1, 0.15) is 0 Å². The van der Waals surface area contributed by atoms with Gasteiger partial charge in [0.15, 0.2) is 5.82 Å². The normalized spacial score (nSPS) is 11.7. The van der Waals surface area contributed by atoms with Crippen molar-refractivity contribution in [2.24, 2.45) is 0 Å². The average Bonchev–Trinajstić information content (AvgIpc) is 3.68. The van der Waals surface area contributed by atoms with Crippen LogP contribution in [0.3, 0.4) is 0 Å². The minimum absolute atomic E-state index is 0.660. The molecule has 0 spiro atoms. The summed E-state index contributed by atoms with van der Waals surface area (Å²) in [5, 5.41) is 10.3. The zero-order chi connectivity index (χ0) is 38.9. The highest BCUT2D eigenvalue weighted by Crippen LogP contribution is 2.44. The number of furan rings is 1. The first-order valence-corrected chi connectivity index (χ1v) is 20.1. The molecule has 0 atom stereocenters. The molecule has 0 saturated carbocycles. The van der Waals surface area contributed by atoms with Gasteiger partial charge in [0.2, 0.25) is 0 Å². The highest BCUT2D eigenvalue weighted by molar-refractivity contribution is 6.18. The zero-order valence-electron chi connectivity index (χ0n) is 31.9. The molecule has 12 aromatic rings. The Bertz CT molecular complexity index is 3610. The van der Waals surface area contributed by atoms with Gasteiger partial charge >= 0.3 is 0 Å². The molecule has 3 heteroatoms. The van der Waals surface area contributed by atoms with Gasteiger partial charge in [-0.15, -0.1) is 0 Å². The van der Waals surface area contributed by atoms with Crippen LogP contribution in [-0.4, -0.2) is 9.97 Å². The lowest BCUT2D eigenvalue weighted by Gasteiger charge is -2.13. The highest BCUT2D eigenvalue weighted by Gasteiger charge is 2.21. The van der Waals surface area contributed by atoms with Gasteiger partial charge in [-0.3, -0.25) is 0 Å². The van der Waals surface area contributed by atoms with Crippen LogP contribution in [0.4, 0.5) is 0 Å². The van der Waals surface area contributed by atoms with E-state index in [1.807, 2.05) is 0 Å². The molecule has 0 N–H and O–H groups in total. The molecular weight excluding hydrogens is 717 g/mol. The van der Waals surface area contributed by atoms with Crippen molar-refractivity contribution in [3.63, 3.8) is 0 Å². The molecule has 2 aromatic heterocycles. The standard InChI is InChI=1S/C56H34N2O/c1-2-15-40-34-52-50(33-39(40)14-1)53-49(31-30-47(55(53)59-52)38-28-26-37(27-29-38)45-23-10-16-35-12-3-5-20-43(35)45)56-57-51-25-8-7-22-48(51)54(58-56)42-19-9-18-41(32-42)46-24-11-17-36-13-4-6-21-44(36)46/h1-34H. The summed E-state index contributed by atoms with van der Waals surface area (Å²) in [5.74, 6) is 0.660. The largest absolute Gasteiger partial charge is 0.455 e. The van der Waals surface area contributed by atoms with Gasteiger partial charge in [0.05, 0.1) is 11.2 Å². The Kier molecular flexibility index (Phi) is 7.54. The van der Waals surface area contributed by atoms with E-state index in [2.05, 4.69) is 206 Å². The molecule has 0 saturated heterocycles. The van der Waals surface area contributed by atoms with Crippen molar-refractivity contribution in [1.82, 2.24) is 9.97 Å². The maximum Gasteiger partial charge on any atom is 0.161 e. The van der Waals surface area contributed by atoms with E-state index < -0.39 is 0 Å². The molecule has 0 radical (unpaired) electrons. The first-order valence-electron chi connectivity index (χ1n) is 20.1. The van der Waals surface area contributed by atoms with Gasteiger partial charge in [-0.25, -0.2) is 9.97 Å². The van der Waals surface area contributed by atoms with E-state index in [4.69, 9.17) is 14.4 Å². The van der Waals surface area contributed by atoms with Crippen LogP contribution >= 0.6 is 0 Å². The molecule has 0 fully saturated rings. The molecule has 274 valence electrons. The average molecular weight is 751 g/mol. The molecule has 0 aliphatic rings. The van der Waals surface area contributed by atoms with Gasteiger partial charge in [0, 0.05) is 32.8 Å². The third-order valence-electron chi connectivity index (χ3n) is 11.9. The van der Waals surface area contributed by atoms with E-state index in [9.17, 15) is 0 Å². The minimum atomic E-state index is 0.660. The molecule has 0 unspecified atom stereocenters. The Morgan fingerprint density at radius 3 is 1.59 bits per heavy atom. The molecule has 0 aliphatic heterocycles. The smallest absolute Gasteiger partial charge is 0.161 e. The van der Waals surface area contributed by atoms with Crippen LogP contribution in [0.25, 0.3) is 121 Å². The Balaban J connectivity index is 1.06. The first-order chi connectivity index (χ1) is 29.2. The van der Waals surface area contributed by atoms with Crippen molar-refractivity contribution >= 4 is 65.2 Å². The fourth-order valence-electron chi connectivity index (χ4n) is 9.01. The summed E-state index contributed by atoms with van der Waals surface area (Å²) in [6.07, 6.45) is 0. The van der Waals surface area contributed by atoms with Gasteiger partial charge in [-0.1, -0.05) is 170 Å². The van der Waals surface area contributed by atoms with Crippen LogP contribution in [0.15, 0.2) is 211 Å². The number of nitrogens with zero attached hydrogens (tertiary/aromatic N) is 2. The number of aromatic nitrogens is 2. The lowest BCUT2D eigenvalue weighted by Crippen LogP contribution is -1.96. The number of rotatable bonds is 5. The molecule has 2 heterocycles. The second-order valence-electron chi connectivity index (χ2n) is 15.3. The van der Waals surface area contributed by atoms with E-state index in [-0.39, 0.29) is 0 Å². The van der Waals surface area contributed by atoms with Gasteiger partial charge in [0.1, 0.15) is 11.2 Å². The lowest BCUT2D eigenvalue weighted by molar-refractivity contribution is 0.670. The van der Waals surface area contributed by atoms with Crippen LogP contribution in [0.5, 0.6) is 0 Å². The van der Waals surface area contributed by atoms with Crippen LogP contribution in [0, 0.1) is 0 Å². The molecular formula is C56H34N2O. The Morgan fingerprint density at radius 2 is 0.864 bits per heavy atom. The summed E-state index contributed by atoms with van der Waals surface area (Å²) >= 11 is 0. The minimum Gasteiger partial charge on any atom is -0.455 e. The number of hydrogen-bond donors (Lipinski definition) is 0. The van der Waals surface area contributed by atoms with E-state index in [1.54, 1.807) is 0 Å². The fourth-order valence-corrected chi connectivity index (χ4v) is 9.01. The predicted molar refractivity (Wildman–Crippen MR) is 247 cm³/mol. The summed E-state index contributed by atoms with van der Waals surface area (Å²) in [7, 11) is 0. The van der Waals surface area contributed by atoms with Crippen molar-refractivity contribution in [3.05, 3.63) is 206 Å². The molecule has 0 bridgehead atoms. The maximum atomic E-state index is 6.93. The lowest BCUT2D eigenvalue weighted by atomic mass is 9.94. The van der Waals surface area contributed by atoms with Crippen LogP contribution < -0.4 is 0 Å². The van der Waals surface area contributed by atoms with Crippen molar-refractivity contribution in [1.29, 1.82) is 0 Å². The number of hydrogen-bond acceptors (Lipinski definition) is 3. The topological polar surface area (TPSA) is 38.9 Å². The summed E-state index contributed by atoms with van der Waals surface area (Å²) < 4.78 is 6.93. The van der Waals surface area contributed by atoms with E-state index >= 15 is 0 Å². The van der Waals surface area contributed by atoms with Gasteiger partial charge in [0.25, 0.3) is 0 Å². The molecule has 0 amide bonds. The number of fused-ring (bicyclic) bond motifs is 7. The quantitative estimate of drug-likeness (QED) is 0.176. The second kappa shape index (κ2) is 13.4. The first kappa shape index (κ1) is 33.3. The number of para-hydroxylation sites is 1. The Hall–Kier alpha value is -7.88. The highest BCUT2D eigenvalue weighted by atomic mass is 16.3. The fraction of sp³-hybridized carbons (Fsp3) is 0. The monoisotopic (exact) mass is 750 g/mol. The Morgan fingerprint density at radius 1 is 0.322 bits per heavy atom. The summed E-state index contributed by atoms with van der Waals surface area (Å²) in [5.41, 5.74) is 12.3. The zero-order valence-corrected chi connectivity index (χ0v) is 31.9. The maximum absolute atomic E-state index is 6.93. The van der Waals surface area contributed by atoms with Crippen LogP contribution in [0.2, 0.25) is 0 Å². The van der Waals surface area contributed by atoms with Crippen molar-refractivity contribution in [2.45, 2.75) is 0 Å². The predicted octanol–water partition coefficient (Wildman–Crippen LogP) is 15.3. The summed E-state index contributed by atoms with van der Waals surface area (Å²) in [6, 6.07) is 73.3. The van der Waals surface area contributed by atoms with Gasteiger partial charge in [-0.2, -0.15) is 0 Å². The van der Waals surface area contributed by atoms with Gasteiger partial charge < -0.3 is 4.42 Å². The molecule has 10 aromatic carbocycles. The SMILES string of the molecule is c1cc(-c2cccc3ccccc23)cc(-c2nc(-c3ccc(-c4ccc(-c5cccc6ccccc56)cc4)c4oc5cc6ccccc6cc5c34)nc3ccccc23)c1. The molecule has 59 heavy (non-hydrogen) atoms. The number of benzene rings is 10.